The normalized spacial score (nSPS) is 15.4. The fourth-order valence-electron chi connectivity index (χ4n) is 3.61. The second-order valence-electron chi connectivity index (χ2n) is 6.99. The Labute approximate surface area is 168 Å². The van der Waals surface area contributed by atoms with Gasteiger partial charge in [-0.15, -0.1) is 0 Å². The maximum absolute atomic E-state index is 6.00. The average molecular weight is 384 g/mol. The highest BCUT2D eigenvalue weighted by Crippen LogP contribution is 2.35. The SMILES string of the molecule is COc1ccc2c(c1)CC(c1nc(Nc3ccncc3)c3ccccc3n1)CO2. The number of pyridine rings is 1. The van der Waals surface area contributed by atoms with Gasteiger partial charge in [-0.25, -0.2) is 9.97 Å². The van der Waals surface area contributed by atoms with E-state index in [2.05, 4.69) is 10.3 Å². The Morgan fingerprint density at radius 1 is 1.03 bits per heavy atom. The third-order valence-electron chi connectivity index (χ3n) is 5.10. The van der Waals surface area contributed by atoms with Gasteiger partial charge in [0, 0.05) is 23.5 Å². The summed E-state index contributed by atoms with van der Waals surface area (Å²) in [5.41, 5.74) is 2.95. The molecule has 29 heavy (non-hydrogen) atoms. The van der Waals surface area contributed by atoms with E-state index < -0.39 is 0 Å². The summed E-state index contributed by atoms with van der Waals surface area (Å²) in [4.78, 5) is 13.8. The smallest absolute Gasteiger partial charge is 0.142 e. The number of hydrogen-bond donors (Lipinski definition) is 1. The predicted octanol–water partition coefficient (Wildman–Crippen LogP) is 4.50. The maximum Gasteiger partial charge on any atom is 0.142 e. The Balaban J connectivity index is 1.53. The number of aromatic nitrogens is 3. The molecule has 0 fully saturated rings. The van der Waals surface area contributed by atoms with Gasteiger partial charge in [-0.1, -0.05) is 12.1 Å². The first-order chi connectivity index (χ1) is 14.3. The van der Waals surface area contributed by atoms with Crippen LogP contribution in [0, 0.1) is 0 Å². The number of hydrogen-bond acceptors (Lipinski definition) is 6. The van der Waals surface area contributed by atoms with Crippen molar-refractivity contribution in [2.45, 2.75) is 12.3 Å². The van der Waals surface area contributed by atoms with Crippen LogP contribution in [-0.4, -0.2) is 28.7 Å². The summed E-state index contributed by atoms with van der Waals surface area (Å²) in [6, 6.07) is 17.8. The van der Waals surface area contributed by atoms with E-state index in [9.17, 15) is 0 Å². The number of nitrogens with zero attached hydrogens (tertiary/aromatic N) is 3. The van der Waals surface area contributed by atoms with Crippen molar-refractivity contribution in [2.24, 2.45) is 0 Å². The number of benzene rings is 2. The van der Waals surface area contributed by atoms with Crippen molar-refractivity contribution >= 4 is 22.4 Å². The van der Waals surface area contributed by atoms with Crippen molar-refractivity contribution in [3.63, 3.8) is 0 Å². The summed E-state index contributed by atoms with van der Waals surface area (Å²) in [5.74, 6) is 3.35. The number of fused-ring (bicyclic) bond motifs is 2. The second-order valence-corrected chi connectivity index (χ2v) is 6.99. The van der Waals surface area contributed by atoms with Gasteiger partial charge < -0.3 is 14.8 Å². The molecule has 1 unspecified atom stereocenters. The van der Waals surface area contributed by atoms with Gasteiger partial charge in [-0.05, 0) is 54.4 Å². The molecule has 6 heteroatoms. The molecule has 0 bridgehead atoms. The van der Waals surface area contributed by atoms with E-state index in [1.807, 2.05) is 54.6 Å². The van der Waals surface area contributed by atoms with E-state index in [0.717, 1.165) is 51.7 Å². The molecule has 1 aliphatic rings. The first-order valence-electron chi connectivity index (χ1n) is 9.53. The lowest BCUT2D eigenvalue weighted by Gasteiger charge is -2.25. The van der Waals surface area contributed by atoms with Gasteiger partial charge in [0.15, 0.2) is 0 Å². The monoisotopic (exact) mass is 384 g/mol. The number of anilines is 2. The maximum atomic E-state index is 6.00. The molecule has 1 atom stereocenters. The summed E-state index contributed by atoms with van der Waals surface area (Å²) in [5, 5.41) is 4.39. The molecule has 0 amide bonds. The van der Waals surface area contributed by atoms with Crippen molar-refractivity contribution in [3.8, 4) is 11.5 Å². The zero-order chi connectivity index (χ0) is 19.6. The van der Waals surface area contributed by atoms with Crippen LogP contribution in [0.4, 0.5) is 11.5 Å². The molecule has 4 aromatic rings. The Morgan fingerprint density at radius 3 is 2.76 bits per heavy atom. The van der Waals surface area contributed by atoms with Crippen LogP contribution in [0.1, 0.15) is 17.3 Å². The summed E-state index contributed by atoms with van der Waals surface area (Å²) >= 11 is 0. The minimum atomic E-state index is 0.0669. The molecular weight excluding hydrogens is 364 g/mol. The van der Waals surface area contributed by atoms with E-state index in [-0.39, 0.29) is 5.92 Å². The molecule has 2 aromatic heterocycles. The zero-order valence-electron chi connectivity index (χ0n) is 16.0. The van der Waals surface area contributed by atoms with Crippen LogP contribution in [-0.2, 0) is 6.42 Å². The van der Waals surface area contributed by atoms with Crippen LogP contribution >= 0.6 is 0 Å². The standard InChI is InChI=1S/C23H20N4O2/c1-28-18-6-7-21-15(13-18)12-16(14-29-21)22-26-20-5-3-2-4-19(20)23(27-22)25-17-8-10-24-11-9-17/h2-11,13,16H,12,14H2,1H3,(H,24,25,26,27). The third kappa shape index (κ3) is 3.45. The number of para-hydroxylation sites is 1. The van der Waals surface area contributed by atoms with Gasteiger partial charge in [0.25, 0.3) is 0 Å². The third-order valence-corrected chi connectivity index (χ3v) is 5.10. The topological polar surface area (TPSA) is 69.2 Å². The van der Waals surface area contributed by atoms with Crippen LogP contribution in [0.25, 0.3) is 10.9 Å². The summed E-state index contributed by atoms with van der Waals surface area (Å²) in [7, 11) is 1.67. The first-order valence-corrected chi connectivity index (χ1v) is 9.53. The van der Waals surface area contributed by atoms with Crippen LogP contribution < -0.4 is 14.8 Å². The molecular formula is C23H20N4O2. The van der Waals surface area contributed by atoms with Crippen molar-refractivity contribution in [2.75, 3.05) is 19.0 Å². The van der Waals surface area contributed by atoms with Gasteiger partial charge in [-0.3, -0.25) is 4.98 Å². The van der Waals surface area contributed by atoms with E-state index in [4.69, 9.17) is 19.4 Å². The quantitative estimate of drug-likeness (QED) is 0.559. The molecule has 6 nitrogen and oxygen atoms in total. The van der Waals surface area contributed by atoms with E-state index in [0.29, 0.717) is 6.61 Å². The lowest BCUT2D eigenvalue weighted by Crippen LogP contribution is -2.21. The molecule has 3 heterocycles. The van der Waals surface area contributed by atoms with Gasteiger partial charge in [-0.2, -0.15) is 0 Å². The van der Waals surface area contributed by atoms with E-state index in [1.54, 1.807) is 19.5 Å². The number of ether oxygens (including phenoxy) is 2. The highest BCUT2D eigenvalue weighted by molar-refractivity contribution is 5.90. The first kappa shape index (κ1) is 17.4. The Bertz CT molecular complexity index is 1160. The predicted molar refractivity (Wildman–Crippen MR) is 112 cm³/mol. The average Bonchev–Trinajstić information content (AvgIpc) is 2.79. The van der Waals surface area contributed by atoms with Crippen LogP contribution in [0.3, 0.4) is 0 Å². The largest absolute Gasteiger partial charge is 0.497 e. The fourth-order valence-corrected chi connectivity index (χ4v) is 3.61. The highest BCUT2D eigenvalue weighted by Gasteiger charge is 2.25. The minimum absolute atomic E-state index is 0.0669. The molecule has 0 saturated heterocycles. The Kier molecular flexibility index (Phi) is 4.44. The van der Waals surface area contributed by atoms with Gasteiger partial charge >= 0.3 is 0 Å². The van der Waals surface area contributed by atoms with Crippen molar-refractivity contribution < 1.29 is 9.47 Å². The highest BCUT2D eigenvalue weighted by atomic mass is 16.5. The molecule has 2 aromatic carbocycles. The number of methoxy groups -OCH3 is 1. The van der Waals surface area contributed by atoms with Gasteiger partial charge in [0.2, 0.25) is 0 Å². The Morgan fingerprint density at radius 2 is 1.90 bits per heavy atom. The molecule has 0 saturated carbocycles. The van der Waals surface area contributed by atoms with Crippen LogP contribution in [0.15, 0.2) is 67.0 Å². The summed E-state index contributed by atoms with van der Waals surface area (Å²) < 4.78 is 11.4. The van der Waals surface area contributed by atoms with Crippen molar-refractivity contribution in [3.05, 3.63) is 78.4 Å². The van der Waals surface area contributed by atoms with Gasteiger partial charge in [0.1, 0.15) is 23.1 Å². The fraction of sp³-hybridized carbons (Fsp3) is 0.174. The zero-order valence-corrected chi connectivity index (χ0v) is 16.0. The molecule has 1 N–H and O–H groups in total. The molecule has 0 radical (unpaired) electrons. The van der Waals surface area contributed by atoms with Crippen molar-refractivity contribution in [1.82, 2.24) is 15.0 Å². The number of nitrogens with one attached hydrogen (secondary N) is 1. The van der Waals surface area contributed by atoms with E-state index >= 15 is 0 Å². The van der Waals surface area contributed by atoms with Crippen LogP contribution in [0.2, 0.25) is 0 Å². The lowest BCUT2D eigenvalue weighted by molar-refractivity contribution is 0.257. The van der Waals surface area contributed by atoms with Crippen LogP contribution in [0.5, 0.6) is 11.5 Å². The molecule has 0 spiro atoms. The molecule has 1 aliphatic heterocycles. The second kappa shape index (κ2) is 7.39. The summed E-state index contributed by atoms with van der Waals surface area (Å²) in [6.45, 7) is 0.548. The molecule has 144 valence electrons. The van der Waals surface area contributed by atoms with Gasteiger partial charge in [0.05, 0.1) is 25.2 Å². The minimum Gasteiger partial charge on any atom is -0.497 e. The molecule has 0 aliphatic carbocycles. The molecule has 5 rings (SSSR count). The number of rotatable bonds is 4. The lowest BCUT2D eigenvalue weighted by atomic mass is 9.95. The Hall–Kier alpha value is -3.67. The van der Waals surface area contributed by atoms with E-state index in [1.165, 1.54) is 0 Å². The summed E-state index contributed by atoms with van der Waals surface area (Å²) in [6.07, 6.45) is 4.32. The van der Waals surface area contributed by atoms with Crippen molar-refractivity contribution in [1.29, 1.82) is 0 Å².